The van der Waals surface area contributed by atoms with Gasteiger partial charge in [0.1, 0.15) is 10.6 Å². The second-order valence-corrected chi connectivity index (χ2v) is 7.88. The van der Waals surface area contributed by atoms with Crippen molar-refractivity contribution in [3.63, 3.8) is 0 Å². The number of nitrogens with one attached hydrogen (secondary N) is 2. The molecule has 1 amide bonds. The first-order valence-corrected chi connectivity index (χ1v) is 9.58. The van der Waals surface area contributed by atoms with Crippen LogP contribution in [-0.4, -0.2) is 49.9 Å². The van der Waals surface area contributed by atoms with Gasteiger partial charge in [0.15, 0.2) is 0 Å². The predicted octanol–water partition coefficient (Wildman–Crippen LogP) is 1.62. The molecular weight excluding hydrogens is 366 g/mol. The first-order chi connectivity index (χ1) is 12.0. The molecule has 25 heavy (non-hydrogen) atoms. The van der Waals surface area contributed by atoms with Gasteiger partial charge < -0.3 is 15.0 Å². The van der Waals surface area contributed by atoms with Crippen LogP contribution in [0.3, 0.4) is 0 Å². The van der Waals surface area contributed by atoms with Crippen molar-refractivity contribution < 1.29 is 17.9 Å². The van der Waals surface area contributed by atoms with Crippen LogP contribution in [0.2, 0.25) is 5.02 Å². The van der Waals surface area contributed by atoms with E-state index < -0.39 is 15.9 Å². The summed E-state index contributed by atoms with van der Waals surface area (Å²) in [7, 11) is -3.63. The largest absolute Gasteiger partial charge is 0.379 e. The van der Waals surface area contributed by atoms with Crippen molar-refractivity contribution in [3.05, 3.63) is 52.8 Å². The Morgan fingerprint density at radius 2 is 2.00 bits per heavy atom. The van der Waals surface area contributed by atoms with E-state index in [4.69, 9.17) is 16.3 Å². The van der Waals surface area contributed by atoms with Gasteiger partial charge in [-0.25, -0.2) is 8.42 Å². The summed E-state index contributed by atoms with van der Waals surface area (Å²) >= 11 is 6.05. The average Bonchev–Trinajstić information content (AvgIpc) is 3.12. The van der Waals surface area contributed by atoms with E-state index in [9.17, 15) is 13.2 Å². The van der Waals surface area contributed by atoms with E-state index >= 15 is 0 Å². The summed E-state index contributed by atoms with van der Waals surface area (Å²) in [6.07, 6.45) is 1.33. The van der Waals surface area contributed by atoms with Gasteiger partial charge in [-0.2, -0.15) is 4.31 Å². The molecule has 1 aromatic carbocycles. The summed E-state index contributed by atoms with van der Waals surface area (Å²) in [5.41, 5.74) is 0.962. The lowest BCUT2D eigenvalue weighted by Crippen LogP contribution is -2.40. The third-order valence-corrected chi connectivity index (χ3v) is 6.15. The number of H-pyrrole nitrogens is 1. The highest BCUT2D eigenvalue weighted by molar-refractivity contribution is 7.89. The Bertz CT molecular complexity index is 860. The molecule has 1 fully saturated rings. The number of halogens is 1. The summed E-state index contributed by atoms with van der Waals surface area (Å²) in [5, 5.41) is 3.28. The van der Waals surface area contributed by atoms with Gasteiger partial charge in [-0.1, -0.05) is 29.8 Å². The van der Waals surface area contributed by atoms with Gasteiger partial charge in [0, 0.05) is 30.9 Å². The Morgan fingerprint density at radius 3 is 2.72 bits per heavy atom. The van der Waals surface area contributed by atoms with Crippen LogP contribution in [0.15, 0.2) is 41.4 Å². The molecule has 0 saturated carbocycles. The predicted molar refractivity (Wildman–Crippen MR) is 93.0 cm³/mol. The third kappa shape index (κ3) is 4.04. The molecule has 0 spiro atoms. The molecule has 1 aromatic heterocycles. The molecule has 1 saturated heterocycles. The minimum absolute atomic E-state index is 0.0669. The van der Waals surface area contributed by atoms with Gasteiger partial charge in [-0.3, -0.25) is 4.79 Å². The quantitative estimate of drug-likeness (QED) is 0.820. The maximum absolute atomic E-state index is 12.5. The second-order valence-electron chi connectivity index (χ2n) is 5.54. The molecule has 7 nitrogen and oxygen atoms in total. The Balaban J connectivity index is 1.68. The Hall–Kier alpha value is -1.87. The lowest BCUT2D eigenvalue weighted by Gasteiger charge is -2.25. The second kappa shape index (κ2) is 7.57. The van der Waals surface area contributed by atoms with E-state index in [1.807, 2.05) is 12.1 Å². The number of sulfonamides is 1. The fraction of sp³-hybridized carbons (Fsp3) is 0.312. The Labute approximate surface area is 151 Å². The van der Waals surface area contributed by atoms with Crippen molar-refractivity contribution in [3.8, 4) is 0 Å². The number of nitrogens with zero attached hydrogens (tertiary/aromatic N) is 1. The monoisotopic (exact) mass is 383 g/mol. The van der Waals surface area contributed by atoms with Crippen molar-refractivity contribution in [2.24, 2.45) is 0 Å². The highest BCUT2D eigenvalue weighted by atomic mass is 35.5. The van der Waals surface area contributed by atoms with Crippen LogP contribution in [0.4, 0.5) is 0 Å². The summed E-state index contributed by atoms with van der Waals surface area (Å²) < 4.78 is 31.6. The van der Waals surface area contributed by atoms with Gasteiger partial charge >= 0.3 is 0 Å². The molecule has 2 N–H and O–H groups in total. The number of morpholine rings is 1. The van der Waals surface area contributed by atoms with Crippen molar-refractivity contribution in [2.45, 2.75) is 11.4 Å². The first-order valence-electron chi connectivity index (χ1n) is 7.76. The maximum atomic E-state index is 12.5. The van der Waals surface area contributed by atoms with Crippen LogP contribution in [0, 0.1) is 0 Å². The fourth-order valence-electron chi connectivity index (χ4n) is 2.50. The van der Waals surface area contributed by atoms with Gasteiger partial charge in [-0.15, -0.1) is 0 Å². The van der Waals surface area contributed by atoms with Crippen molar-refractivity contribution in [2.75, 3.05) is 26.3 Å². The highest BCUT2D eigenvalue weighted by Gasteiger charge is 2.27. The van der Waals surface area contributed by atoms with Crippen LogP contribution in [0.1, 0.15) is 16.1 Å². The number of benzene rings is 1. The van der Waals surface area contributed by atoms with Gasteiger partial charge in [0.25, 0.3) is 5.91 Å². The molecule has 0 aliphatic carbocycles. The molecule has 9 heteroatoms. The number of hydrogen-bond acceptors (Lipinski definition) is 4. The number of ether oxygens (including phenoxy) is 1. The number of hydrogen-bond donors (Lipinski definition) is 2. The van der Waals surface area contributed by atoms with Crippen molar-refractivity contribution in [1.29, 1.82) is 0 Å². The molecular formula is C16H18ClN3O4S. The average molecular weight is 384 g/mol. The lowest BCUT2D eigenvalue weighted by molar-refractivity contribution is 0.0730. The van der Waals surface area contributed by atoms with Crippen LogP contribution in [-0.2, 0) is 21.3 Å². The molecule has 2 heterocycles. The van der Waals surface area contributed by atoms with E-state index in [-0.39, 0.29) is 17.1 Å². The third-order valence-electron chi connectivity index (χ3n) is 3.91. The highest BCUT2D eigenvalue weighted by Crippen LogP contribution is 2.18. The van der Waals surface area contributed by atoms with Crippen LogP contribution >= 0.6 is 11.6 Å². The summed E-state index contributed by atoms with van der Waals surface area (Å²) in [6.45, 7) is 1.61. The minimum Gasteiger partial charge on any atom is -0.379 e. The van der Waals surface area contributed by atoms with Gasteiger partial charge in [0.05, 0.1) is 13.2 Å². The minimum atomic E-state index is -3.63. The van der Waals surface area contributed by atoms with Gasteiger partial charge in [-0.05, 0) is 17.7 Å². The van der Waals surface area contributed by atoms with Crippen LogP contribution in [0.5, 0.6) is 0 Å². The molecule has 3 rings (SSSR count). The van der Waals surface area contributed by atoms with E-state index in [0.717, 1.165) is 5.56 Å². The lowest BCUT2D eigenvalue weighted by atomic mass is 10.2. The van der Waals surface area contributed by atoms with Crippen LogP contribution in [0.25, 0.3) is 0 Å². The van der Waals surface area contributed by atoms with Crippen molar-refractivity contribution in [1.82, 2.24) is 14.6 Å². The topological polar surface area (TPSA) is 91.5 Å². The normalized spacial score (nSPS) is 15.9. The van der Waals surface area contributed by atoms with E-state index in [2.05, 4.69) is 10.3 Å². The molecule has 1 aliphatic heterocycles. The summed E-state index contributed by atoms with van der Waals surface area (Å²) in [4.78, 5) is 15.0. The van der Waals surface area contributed by atoms with Gasteiger partial charge in [0.2, 0.25) is 10.0 Å². The fourth-order valence-corrected chi connectivity index (χ4v) is 4.11. The SMILES string of the molecule is O=C(NCc1ccccc1Cl)c1cc(S(=O)(=O)N2CCOCC2)c[nH]1. The molecule has 0 radical (unpaired) electrons. The van der Waals surface area contributed by atoms with Crippen molar-refractivity contribution >= 4 is 27.5 Å². The van der Waals surface area contributed by atoms with Crippen LogP contribution < -0.4 is 5.32 Å². The zero-order chi connectivity index (χ0) is 17.9. The molecule has 0 atom stereocenters. The number of carbonyl (C=O) groups excluding carboxylic acids is 1. The summed E-state index contributed by atoms with van der Waals surface area (Å²) in [6, 6.07) is 8.53. The van der Waals surface area contributed by atoms with E-state index in [1.54, 1.807) is 12.1 Å². The molecule has 0 bridgehead atoms. The number of rotatable bonds is 5. The molecule has 1 aliphatic rings. The zero-order valence-corrected chi connectivity index (χ0v) is 14.9. The Kier molecular flexibility index (Phi) is 5.43. The maximum Gasteiger partial charge on any atom is 0.268 e. The zero-order valence-electron chi connectivity index (χ0n) is 13.4. The molecule has 2 aromatic rings. The standard InChI is InChI=1S/C16H18ClN3O4S/c17-14-4-2-1-3-12(14)10-19-16(21)15-9-13(11-18-15)25(22,23)20-5-7-24-8-6-20/h1-4,9,11,18H,5-8,10H2,(H,19,21). The number of amides is 1. The first kappa shape index (κ1) is 17.9. The number of carbonyl (C=O) groups is 1. The molecule has 134 valence electrons. The molecule has 0 unspecified atom stereocenters. The van der Waals surface area contributed by atoms with E-state index in [1.165, 1.54) is 16.6 Å². The Morgan fingerprint density at radius 1 is 1.28 bits per heavy atom. The van der Waals surface area contributed by atoms with E-state index in [0.29, 0.717) is 31.3 Å². The smallest absolute Gasteiger partial charge is 0.268 e. The number of aromatic amines is 1. The summed E-state index contributed by atoms with van der Waals surface area (Å²) in [5.74, 6) is -0.400. The number of aromatic nitrogens is 1.